The van der Waals surface area contributed by atoms with Crippen LogP contribution in [0, 0.1) is 11.3 Å². The molecule has 1 heterocycles. The van der Waals surface area contributed by atoms with Gasteiger partial charge in [0.15, 0.2) is 0 Å². The molecular formula is C22H24N4O5S. The van der Waals surface area contributed by atoms with E-state index >= 15 is 0 Å². The number of anilines is 2. The first-order valence-electron chi connectivity index (χ1n) is 10.00. The Morgan fingerprint density at radius 3 is 2.41 bits per heavy atom. The topological polar surface area (TPSA) is 120 Å². The molecule has 1 N–H and O–H groups in total. The Morgan fingerprint density at radius 2 is 1.81 bits per heavy atom. The first-order valence-corrected chi connectivity index (χ1v) is 11.4. The highest BCUT2D eigenvalue weighted by atomic mass is 32.2. The third-order valence-corrected chi connectivity index (χ3v) is 7.01. The van der Waals surface area contributed by atoms with Crippen LogP contribution in [0.4, 0.5) is 11.4 Å². The highest BCUT2D eigenvalue weighted by Gasteiger charge is 2.24. The van der Waals surface area contributed by atoms with Crippen LogP contribution < -0.4 is 10.2 Å². The SMILES string of the molecule is COC(=O)c1ccc(N2CCCC2)c(NC(=O)CN(C)S(=O)(=O)c2ccc(C#N)cc2)c1. The Kier molecular flexibility index (Phi) is 7.12. The van der Waals surface area contributed by atoms with Gasteiger partial charge in [0.1, 0.15) is 0 Å². The summed E-state index contributed by atoms with van der Waals surface area (Å²) in [5, 5.41) is 11.6. The first kappa shape index (κ1) is 23.2. The van der Waals surface area contributed by atoms with Gasteiger partial charge in [-0.1, -0.05) is 0 Å². The maximum absolute atomic E-state index is 12.8. The lowest BCUT2D eigenvalue weighted by Gasteiger charge is -2.23. The van der Waals surface area contributed by atoms with E-state index in [-0.39, 0.29) is 10.5 Å². The summed E-state index contributed by atoms with van der Waals surface area (Å²) in [4.78, 5) is 26.8. The number of carbonyl (C=O) groups excluding carboxylic acids is 2. The van der Waals surface area contributed by atoms with Gasteiger partial charge >= 0.3 is 5.97 Å². The van der Waals surface area contributed by atoms with Gasteiger partial charge in [-0.05, 0) is 55.3 Å². The summed E-state index contributed by atoms with van der Waals surface area (Å²) in [6.07, 6.45) is 2.05. The molecule has 10 heteroatoms. The summed E-state index contributed by atoms with van der Waals surface area (Å²) in [6, 6.07) is 12.3. The number of likely N-dealkylation sites (N-methyl/N-ethyl adjacent to an activating group) is 1. The lowest BCUT2D eigenvalue weighted by molar-refractivity contribution is -0.116. The molecule has 1 aliphatic heterocycles. The fourth-order valence-corrected chi connectivity index (χ4v) is 4.60. The van der Waals surface area contributed by atoms with Crippen LogP contribution in [0.5, 0.6) is 0 Å². The smallest absolute Gasteiger partial charge is 0.337 e. The Morgan fingerprint density at radius 1 is 1.16 bits per heavy atom. The minimum Gasteiger partial charge on any atom is -0.465 e. The quantitative estimate of drug-likeness (QED) is 0.634. The summed E-state index contributed by atoms with van der Waals surface area (Å²) in [5.74, 6) is -1.08. The van der Waals surface area contributed by atoms with Crippen molar-refractivity contribution in [1.29, 1.82) is 5.26 Å². The minimum absolute atomic E-state index is 0.0164. The highest BCUT2D eigenvalue weighted by Crippen LogP contribution is 2.30. The second-order valence-corrected chi connectivity index (χ2v) is 9.41. The molecule has 0 spiro atoms. The van der Waals surface area contributed by atoms with Gasteiger partial charge in [0.05, 0.1) is 47.1 Å². The van der Waals surface area contributed by atoms with Gasteiger partial charge in [-0.3, -0.25) is 4.79 Å². The lowest BCUT2D eigenvalue weighted by atomic mass is 10.1. The predicted molar refractivity (Wildman–Crippen MR) is 119 cm³/mol. The zero-order valence-electron chi connectivity index (χ0n) is 17.9. The molecule has 2 aromatic rings. The van der Waals surface area contributed by atoms with Crippen LogP contribution in [0.15, 0.2) is 47.4 Å². The number of esters is 1. The van der Waals surface area contributed by atoms with E-state index in [1.165, 1.54) is 44.5 Å². The van der Waals surface area contributed by atoms with E-state index in [1.54, 1.807) is 12.1 Å². The molecule has 1 amide bonds. The van der Waals surface area contributed by atoms with Gasteiger partial charge < -0.3 is 15.0 Å². The van der Waals surface area contributed by atoms with Crippen molar-refractivity contribution in [3.8, 4) is 6.07 Å². The molecule has 0 aromatic heterocycles. The molecule has 1 aliphatic rings. The van der Waals surface area contributed by atoms with Gasteiger partial charge in [0.25, 0.3) is 0 Å². The first-order chi connectivity index (χ1) is 15.3. The van der Waals surface area contributed by atoms with E-state index in [9.17, 15) is 18.0 Å². The normalized spacial score (nSPS) is 13.6. The Bertz CT molecular complexity index is 1150. The minimum atomic E-state index is -3.92. The number of nitrogens with one attached hydrogen (secondary N) is 1. The number of nitrogens with zero attached hydrogens (tertiary/aromatic N) is 3. The van der Waals surface area contributed by atoms with Crippen LogP contribution in [0.25, 0.3) is 0 Å². The maximum Gasteiger partial charge on any atom is 0.337 e. The van der Waals surface area contributed by atoms with E-state index in [1.807, 2.05) is 6.07 Å². The van der Waals surface area contributed by atoms with Crippen molar-refractivity contribution in [1.82, 2.24) is 4.31 Å². The summed E-state index contributed by atoms with van der Waals surface area (Å²) >= 11 is 0. The number of amides is 1. The number of hydrogen-bond donors (Lipinski definition) is 1. The molecule has 32 heavy (non-hydrogen) atoms. The van der Waals surface area contributed by atoms with Crippen LogP contribution in [0.1, 0.15) is 28.8 Å². The second kappa shape index (κ2) is 9.80. The average molecular weight is 457 g/mol. The summed E-state index contributed by atoms with van der Waals surface area (Å²) in [5.41, 5.74) is 1.80. The van der Waals surface area contributed by atoms with Crippen molar-refractivity contribution in [2.24, 2.45) is 0 Å². The van der Waals surface area contributed by atoms with E-state index in [0.29, 0.717) is 11.3 Å². The number of nitriles is 1. The number of hydrogen-bond acceptors (Lipinski definition) is 7. The number of carbonyl (C=O) groups is 2. The third kappa shape index (κ3) is 5.07. The molecule has 168 valence electrons. The zero-order chi connectivity index (χ0) is 23.3. The highest BCUT2D eigenvalue weighted by molar-refractivity contribution is 7.89. The van der Waals surface area contributed by atoms with Gasteiger partial charge in [-0.15, -0.1) is 0 Å². The van der Waals surface area contributed by atoms with Crippen molar-refractivity contribution >= 4 is 33.3 Å². The number of methoxy groups -OCH3 is 1. The van der Waals surface area contributed by atoms with E-state index in [2.05, 4.69) is 10.2 Å². The molecule has 0 saturated carbocycles. The summed E-state index contributed by atoms with van der Waals surface area (Å²) < 4.78 is 31.2. The molecule has 9 nitrogen and oxygen atoms in total. The molecule has 0 bridgehead atoms. The molecule has 1 fully saturated rings. The number of sulfonamides is 1. The number of rotatable bonds is 7. The largest absolute Gasteiger partial charge is 0.465 e. The van der Waals surface area contributed by atoms with Crippen LogP contribution in [-0.2, 0) is 19.6 Å². The Balaban J connectivity index is 1.79. The van der Waals surface area contributed by atoms with Gasteiger partial charge in [-0.2, -0.15) is 9.57 Å². The van der Waals surface area contributed by atoms with Gasteiger partial charge in [0.2, 0.25) is 15.9 Å². The average Bonchev–Trinajstić information content (AvgIpc) is 3.33. The van der Waals surface area contributed by atoms with Crippen molar-refractivity contribution in [2.45, 2.75) is 17.7 Å². The predicted octanol–water partition coefficient (Wildman–Crippen LogP) is 2.20. The molecule has 0 atom stereocenters. The van der Waals surface area contributed by atoms with E-state index in [4.69, 9.17) is 10.00 Å². The second-order valence-electron chi connectivity index (χ2n) is 7.36. The molecule has 0 unspecified atom stereocenters. The maximum atomic E-state index is 12.8. The fraction of sp³-hybridized carbons (Fsp3) is 0.318. The number of benzene rings is 2. The number of ether oxygens (including phenoxy) is 1. The standard InChI is InChI=1S/C22H24N4O5S/c1-25(32(29,30)18-8-5-16(14-23)6-9-18)15-21(27)24-19-13-17(22(28)31-2)7-10-20(19)26-11-3-4-12-26/h5-10,13H,3-4,11-12,15H2,1-2H3,(H,24,27). The summed E-state index contributed by atoms with van der Waals surface area (Å²) in [6.45, 7) is 1.23. The Hall–Kier alpha value is -3.42. The molecule has 0 radical (unpaired) electrons. The van der Waals surface area contributed by atoms with Crippen LogP contribution in [0.3, 0.4) is 0 Å². The third-order valence-electron chi connectivity index (χ3n) is 5.20. The molecular weight excluding hydrogens is 432 g/mol. The zero-order valence-corrected chi connectivity index (χ0v) is 18.7. The van der Waals surface area contributed by atoms with Crippen molar-refractivity contribution in [3.05, 3.63) is 53.6 Å². The monoisotopic (exact) mass is 456 g/mol. The van der Waals surface area contributed by atoms with Crippen molar-refractivity contribution in [3.63, 3.8) is 0 Å². The molecule has 3 rings (SSSR count). The van der Waals surface area contributed by atoms with Gasteiger partial charge in [0, 0.05) is 20.1 Å². The van der Waals surface area contributed by atoms with Crippen molar-refractivity contribution < 1.29 is 22.7 Å². The molecule has 0 aliphatic carbocycles. The van der Waals surface area contributed by atoms with Crippen LogP contribution in [0.2, 0.25) is 0 Å². The van der Waals surface area contributed by atoms with E-state index in [0.717, 1.165) is 35.9 Å². The van der Waals surface area contributed by atoms with E-state index < -0.39 is 28.4 Å². The summed E-state index contributed by atoms with van der Waals surface area (Å²) in [7, 11) is -1.34. The lowest BCUT2D eigenvalue weighted by Crippen LogP contribution is -2.35. The van der Waals surface area contributed by atoms with Crippen LogP contribution >= 0.6 is 0 Å². The Labute approximate surface area is 187 Å². The van der Waals surface area contributed by atoms with Crippen LogP contribution in [-0.4, -0.2) is 58.4 Å². The molecule has 2 aromatic carbocycles. The van der Waals surface area contributed by atoms with Gasteiger partial charge in [-0.25, -0.2) is 13.2 Å². The molecule has 1 saturated heterocycles. The fourth-order valence-electron chi connectivity index (χ4n) is 3.47. The van der Waals surface area contributed by atoms with Crippen molar-refractivity contribution in [2.75, 3.05) is 44.0 Å².